The number of amides is 3. The Morgan fingerprint density at radius 2 is 1.71 bits per heavy atom. The van der Waals surface area contributed by atoms with Gasteiger partial charge >= 0.3 is 0 Å². The maximum absolute atomic E-state index is 12.9. The molecule has 0 aliphatic carbocycles. The average Bonchev–Trinajstić information content (AvgIpc) is 3.92. The number of benzene rings is 1. The van der Waals surface area contributed by atoms with Crippen LogP contribution in [0.3, 0.4) is 0 Å². The molecule has 0 unspecified atom stereocenters. The molecule has 1 aromatic carbocycles. The van der Waals surface area contributed by atoms with E-state index in [2.05, 4.69) is 51.8 Å². The number of fused-ring (bicyclic) bond motifs is 3. The van der Waals surface area contributed by atoms with E-state index in [1.54, 1.807) is 19.3 Å². The monoisotopic (exact) mass is 701 g/mol. The van der Waals surface area contributed by atoms with Gasteiger partial charge in [-0.05, 0) is 31.0 Å². The third-order valence-corrected chi connectivity index (χ3v) is 9.80. The zero-order chi connectivity index (χ0) is 35.9. The molecule has 5 aromatic rings. The second-order valence-corrected chi connectivity index (χ2v) is 13.4. The molecule has 0 atom stereocenters. The first-order valence-electron chi connectivity index (χ1n) is 17.3. The van der Waals surface area contributed by atoms with Crippen LogP contribution in [0.1, 0.15) is 61.6 Å². The molecule has 3 amide bonds. The zero-order valence-electron chi connectivity index (χ0n) is 29.2. The first-order chi connectivity index (χ1) is 25.2. The summed E-state index contributed by atoms with van der Waals surface area (Å²) in [6.45, 7) is 4.57. The quantitative estimate of drug-likeness (QED) is 0.206. The predicted molar refractivity (Wildman–Crippen MR) is 193 cm³/mol. The van der Waals surface area contributed by atoms with Crippen LogP contribution in [0.15, 0.2) is 61.1 Å². The van der Waals surface area contributed by atoms with Crippen molar-refractivity contribution in [2.24, 2.45) is 7.05 Å². The molecule has 0 radical (unpaired) electrons. The topological polar surface area (TPSA) is 171 Å². The lowest BCUT2D eigenvalue weighted by atomic mass is 9.97. The van der Waals surface area contributed by atoms with Gasteiger partial charge in [-0.15, -0.1) is 10.2 Å². The van der Waals surface area contributed by atoms with Gasteiger partial charge in [0.2, 0.25) is 0 Å². The number of aromatic nitrogens is 7. The molecule has 0 saturated carbocycles. The number of rotatable bonds is 9. The van der Waals surface area contributed by atoms with Gasteiger partial charge in [0, 0.05) is 77.3 Å². The molecule has 2 saturated heterocycles. The summed E-state index contributed by atoms with van der Waals surface area (Å²) >= 11 is 0. The normalized spacial score (nSPS) is 15.5. The van der Waals surface area contributed by atoms with E-state index in [-0.39, 0.29) is 23.5 Å². The summed E-state index contributed by atoms with van der Waals surface area (Å²) in [4.78, 5) is 49.6. The minimum absolute atomic E-state index is 0.0196. The van der Waals surface area contributed by atoms with Crippen molar-refractivity contribution < 1.29 is 14.4 Å². The lowest BCUT2D eigenvalue weighted by Crippen LogP contribution is -2.48. The van der Waals surface area contributed by atoms with Crippen molar-refractivity contribution in [1.29, 1.82) is 0 Å². The van der Waals surface area contributed by atoms with Gasteiger partial charge in [-0.2, -0.15) is 10.2 Å². The van der Waals surface area contributed by atoms with Gasteiger partial charge in [0.05, 0.1) is 59.0 Å². The molecular formula is C36H39N13O3. The Hall–Kier alpha value is -6.16. The van der Waals surface area contributed by atoms with Crippen LogP contribution in [0.5, 0.6) is 0 Å². The van der Waals surface area contributed by atoms with E-state index in [9.17, 15) is 14.4 Å². The van der Waals surface area contributed by atoms with Gasteiger partial charge in [-0.1, -0.05) is 18.2 Å². The molecule has 16 heteroatoms. The largest absolute Gasteiger partial charge is 0.366 e. The molecule has 16 nitrogen and oxygen atoms in total. The van der Waals surface area contributed by atoms with Crippen LogP contribution in [0.2, 0.25) is 0 Å². The summed E-state index contributed by atoms with van der Waals surface area (Å²) < 4.78 is 3.67. The molecular weight excluding hydrogens is 662 g/mol. The van der Waals surface area contributed by atoms with Crippen LogP contribution < -0.4 is 20.9 Å². The maximum Gasteiger partial charge on any atom is 0.273 e. The standard InChI is InChI=1S/C36H39N13O3/c1-37-35(51)32-29(14-31(43-44-32)42-34(50)22-15-38-46(3)17-22)41-27-10-7-9-25-26-16-39-49(30(26)21-45(2)33(25)27)24-19-47(20-24)18-23-8-6-11-28(40-23)36(52)48-12-4-5-13-48/h6-11,14-17,24H,4-5,12-13,18-21H2,1-3H3,(H,37,51)(H2,41,42,43,50). The number of aryl methyl sites for hydroxylation is 1. The number of carbonyl (C=O) groups excluding carboxylic acids is 3. The smallest absolute Gasteiger partial charge is 0.273 e. The predicted octanol–water partition coefficient (Wildman–Crippen LogP) is 3.07. The summed E-state index contributed by atoms with van der Waals surface area (Å²) in [5.41, 5.74) is 7.14. The van der Waals surface area contributed by atoms with Crippen LogP contribution in [-0.4, -0.2) is 103 Å². The number of pyridine rings is 1. The summed E-state index contributed by atoms with van der Waals surface area (Å²) in [7, 11) is 5.28. The van der Waals surface area contributed by atoms with Crippen LogP contribution in [0.4, 0.5) is 22.9 Å². The van der Waals surface area contributed by atoms with Crippen molar-refractivity contribution in [3.63, 3.8) is 0 Å². The number of carbonyl (C=O) groups is 3. The summed E-state index contributed by atoms with van der Waals surface area (Å²) in [6.07, 6.45) is 7.09. The number of nitrogens with one attached hydrogen (secondary N) is 3. The van der Waals surface area contributed by atoms with E-state index >= 15 is 0 Å². The van der Waals surface area contributed by atoms with Crippen LogP contribution in [-0.2, 0) is 20.1 Å². The Labute approximate surface area is 299 Å². The number of likely N-dealkylation sites (tertiary alicyclic amines) is 2. The van der Waals surface area contributed by atoms with E-state index < -0.39 is 11.8 Å². The Morgan fingerprint density at radius 3 is 2.48 bits per heavy atom. The minimum Gasteiger partial charge on any atom is -0.366 e. The van der Waals surface area contributed by atoms with Crippen molar-refractivity contribution in [2.75, 3.05) is 55.8 Å². The minimum atomic E-state index is -0.421. The van der Waals surface area contributed by atoms with Gasteiger partial charge in [0.25, 0.3) is 17.7 Å². The second kappa shape index (κ2) is 13.5. The van der Waals surface area contributed by atoms with Gasteiger partial charge in [0.1, 0.15) is 5.69 Å². The number of anilines is 4. The van der Waals surface area contributed by atoms with E-state index in [0.29, 0.717) is 30.0 Å². The Morgan fingerprint density at radius 1 is 0.904 bits per heavy atom. The summed E-state index contributed by atoms with van der Waals surface area (Å²) in [5.74, 6) is -0.617. The highest BCUT2D eigenvalue weighted by atomic mass is 16.2. The molecule has 3 aliphatic heterocycles. The highest BCUT2D eigenvalue weighted by Crippen LogP contribution is 2.45. The molecule has 2 fully saturated rings. The maximum atomic E-state index is 12.9. The second-order valence-electron chi connectivity index (χ2n) is 13.4. The fraction of sp³-hybridized carbons (Fsp3) is 0.333. The molecule has 4 aromatic heterocycles. The molecule has 3 aliphatic rings. The molecule has 7 heterocycles. The average molecular weight is 702 g/mol. The molecule has 52 heavy (non-hydrogen) atoms. The van der Waals surface area contributed by atoms with Gasteiger partial charge in [-0.25, -0.2) is 4.98 Å². The van der Waals surface area contributed by atoms with Crippen molar-refractivity contribution in [2.45, 2.75) is 32.0 Å². The van der Waals surface area contributed by atoms with Gasteiger partial charge in [0.15, 0.2) is 11.5 Å². The van der Waals surface area contributed by atoms with E-state index in [4.69, 9.17) is 10.1 Å². The van der Waals surface area contributed by atoms with Crippen molar-refractivity contribution >= 4 is 40.6 Å². The van der Waals surface area contributed by atoms with Gasteiger partial charge < -0.3 is 25.8 Å². The highest BCUT2D eigenvalue weighted by molar-refractivity contribution is 6.05. The molecule has 3 N–H and O–H groups in total. The molecule has 0 bridgehead atoms. The van der Waals surface area contributed by atoms with E-state index in [1.165, 1.54) is 17.9 Å². The third-order valence-electron chi connectivity index (χ3n) is 9.80. The number of hydrogen-bond donors (Lipinski definition) is 3. The van der Waals surface area contributed by atoms with Crippen molar-refractivity contribution in [3.8, 4) is 11.1 Å². The number of nitrogens with zero attached hydrogens (tertiary/aromatic N) is 10. The lowest BCUT2D eigenvalue weighted by molar-refractivity contribution is 0.0780. The van der Waals surface area contributed by atoms with Crippen LogP contribution >= 0.6 is 0 Å². The van der Waals surface area contributed by atoms with E-state index in [1.807, 2.05) is 48.5 Å². The number of para-hydroxylation sites is 1. The van der Waals surface area contributed by atoms with Gasteiger partial charge in [-0.3, -0.25) is 28.6 Å². The van der Waals surface area contributed by atoms with Crippen LogP contribution in [0.25, 0.3) is 11.1 Å². The summed E-state index contributed by atoms with van der Waals surface area (Å²) in [6, 6.07) is 13.5. The Kier molecular flexibility index (Phi) is 8.58. The fourth-order valence-electron chi connectivity index (χ4n) is 7.19. The lowest BCUT2D eigenvalue weighted by Gasteiger charge is -2.40. The van der Waals surface area contributed by atoms with Crippen molar-refractivity contribution in [1.82, 2.24) is 49.9 Å². The first kappa shape index (κ1) is 33.0. The Bertz CT molecular complexity index is 2180. The highest BCUT2D eigenvalue weighted by Gasteiger charge is 2.34. The van der Waals surface area contributed by atoms with Crippen molar-refractivity contribution in [3.05, 3.63) is 89.4 Å². The Balaban J connectivity index is 0.994. The molecule has 0 spiro atoms. The zero-order valence-corrected chi connectivity index (χ0v) is 29.2. The van der Waals surface area contributed by atoms with Crippen LogP contribution in [0, 0.1) is 0 Å². The SMILES string of the molecule is CNC(=O)c1nnc(NC(=O)c2cnn(C)c2)cc1Nc1cccc2c1N(C)Cc1c-2cnn1C1CN(Cc2cccc(C(=O)N3CCCC3)n2)C1. The fourth-order valence-corrected chi connectivity index (χ4v) is 7.19. The van der Waals surface area contributed by atoms with E-state index in [0.717, 1.165) is 72.9 Å². The summed E-state index contributed by atoms with van der Waals surface area (Å²) in [5, 5.41) is 25.9. The molecule has 266 valence electrons. The number of hydrogen-bond acceptors (Lipinski definition) is 11. The first-order valence-corrected chi connectivity index (χ1v) is 17.3. The molecule has 8 rings (SSSR count). The third kappa shape index (κ3) is 6.21.